The van der Waals surface area contributed by atoms with Crippen molar-refractivity contribution in [1.29, 1.82) is 0 Å². The Kier molecular flexibility index (Phi) is 7.06. The van der Waals surface area contributed by atoms with Gasteiger partial charge in [-0.25, -0.2) is 0 Å². The van der Waals surface area contributed by atoms with Crippen LogP contribution in [0.4, 0.5) is 0 Å². The number of carbonyl (C=O) groups is 2. The highest BCUT2D eigenvalue weighted by Gasteiger charge is 2.23. The quantitative estimate of drug-likeness (QED) is 0.131. The highest BCUT2D eigenvalue weighted by molar-refractivity contribution is 6.00. The largest absolute Gasteiger partial charge is 0.504 e. The molecule has 0 bridgehead atoms. The summed E-state index contributed by atoms with van der Waals surface area (Å²) in [5, 5.41) is 49.3. The van der Waals surface area contributed by atoms with Gasteiger partial charge in [-0.2, -0.15) is 0 Å². The van der Waals surface area contributed by atoms with Gasteiger partial charge in [0, 0.05) is 17.4 Å². The smallest absolute Gasteiger partial charge is 0.309 e. The molecule has 37 heavy (non-hydrogen) atoms. The Morgan fingerprint density at radius 2 is 1.54 bits per heavy atom. The molecular formula is C28H24O9. The number of hydrogen-bond donors (Lipinski definition) is 5. The van der Waals surface area contributed by atoms with Gasteiger partial charge in [0.05, 0.1) is 13.0 Å². The summed E-state index contributed by atoms with van der Waals surface area (Å²) in [6, 6.07) is 13.0. The molecule has 0 aliphatic heterocycles. The van der Waals surface area contributed by atoms with Gasteiger partial charge >= 0.3 is 5.97 Å². The average Bonchev–Trinajstić information content (AvgIpc) is 3.33. The van der Waals surface area contributed by atoms with Crippen LogP contribution >= 0.6 is 0 Å². The molecular weight excluding hydrogens is 480 g/mol. The molecule has 4 aromatic rings. The average molecular weight is 504 g/mol. The number of phenols is 5. The number of benzene rings is 3. The van der Waals surface area contributed by atoms with Crippen LogP contribution in [0.3, 0.4) is 0 Å². The molecule has 3 aromatic carbocycles. The minimum absolute atomic E-state index is 0.115. The number of hydrogen-bond acceptors (Lipinski definition) is 9. The number of ketones is 1. The standard InChI is InChI=1S/C28H24O9/c1-36-28(35)18(10-15-2-7-21(30)24(33)11-15)12-19(29)6-3-16-4-9-23(32)27-20(16)14-26(37-27)17-5-8-22(31)25(34)13-17/h2-9,11,13-14,18,30-34H,10,12H2,1H3/b6-3+/t18-/m0/s1. The summed E-state index contributed by atoms with van der Waals surface area (Å²) in [5.74, 6) is -2.76. The first kappa shape index (κ1) is 25.2. The normalized spacial score (nSPS) is 12.1. The van der Waals surface area contributed by atoms with E-state index in [2.05, 4.69) is 0 Å². The van der Waals surface area contributed by atoms with Crippen molar-refractivity contribution < 1.29 is 44.3 Å². The Labute approximate surface area is 211 Å². The molecule has 1 heterocycles. The SMILES string of the molecule is COC(=O)[C@H](CC(=O)/C=C/c1ccc(O)c2oc(-c3ccc(O)c(O)c3)cc12)Cc1ccc(O)c(O)c1. The van der Waals surface area contributed by atoms with Gasteiger partial charge in [0.25, 0.3) is 0 Å². The fourth-order valence-corrected chi connectivity index (χ4v) is 3.97. The third-order valence-electron chi connectivity index (χ3n) is 5.91. The number of allylic oxidation sites excluding steroid dienone is 1. The Hall–Kier alpha value is -4.92. The molecule has 1 aromatic heterocycles. The van der Waals surface area contributed by atoms with Gasteiger partial charge in [-0.15, -0.1) is 0 Å². The lowest BCUT2D eigenvalue weighted by atomic mass is 9.93. The van der Waals surface area contributed by atoms with Crippen molar-refractivity contribution in [2.45, 2.75) is 12.8 Å². The number of methoxy groups -OCH3 is 1. The van der Waals surface area contributed by atoms with E-state index >= 15 is 0 Å². The van der Waals surface area contributed by atoms with Gasteiger partial charge in [0.2, 0.25) is 0 Å². The lowest BCUT2D eigenvalue weighted by Gasteiger charge is -2.13. The second kappa shape index (κ2) is 10.4. The van der Waals surface area contributed by atoms with Gasteiger partial charge in [-0.05, 0) is 66.1 Å². The topological polar surface area (TPSA) is 158 Å². The lowest BCUT2D eigenvalue weighted by molar-refractivity contribution is -0.146. The van der Waals surface area contributed by atoms with Crippen LogP contribution in [-0.2, 0) is 20.7 Å². The van der Waals surface area contributed by atoms with E-state index < -0.39 is 11.9 Å². The second-order valence-electron chi connectivity index (χ2n) is 8.48. The van der Waals surface area contributed by atoms with Crippen LogP contribution in [0.2, 0.25) is 0 Å². The maximum absolute atomic E-state index is 12.7. The molecule has 0 unspecified atom stereocenters. The molecule has 9 heteroatoms. The highest BCUT2D eigenvalue weighted by Crippen LogP contribution is 2.38. The summed E-state index contributed by atoms with van der Waals surface area (Å²) >= 11 is 0. The van der Waals surface area contributed by atoms with E-state index in [9.17, 15) is 35.1 Å². The number of rotatable bonds is 8. The lowest BCUT2D eigenvalue weighted by Crippen LogP contribution is -2.21. The Bertz CT molecular complexity index is 1510. The van der Waals surface area contributed by atoms with Gasteiger partial charge in [0.15, 0.2) is 40.1 Å². The zero-order chi connectivity index (χ0) is 26.7. The van der Waals surface area contributed by atoms with E-state index in [4.69, 9.17) is 9.15 Å². The molecule has 0 radical (unpaired) electrons. The molecule has 0 aliphatic carbocycles. The zero-order valence-corrected chi connectivity index (χ0v) is 19.7. The number of ether oxygens (including phenoxy) is 1. The first-order valence-corrected chi connectivity index (χ1v) is 11.2. The predicted molar refractivity (Wildman–Crippen MR) is 134 cm³/mol. The van der Waals surface area contributed by atoms with Crippen molar-refractivity contribution in [2.75, 3.05) is 7.11 Å². The van der Waals surface area contributed by atoms with Gasteiger partial charge in [-0.3, -0.25) is 9.59 Å². The van der Waals surface area contributed by atoms with Crippen LogP contribution in [0.5, 0.6) is 28.7 Å². The molecule has 9 nitrogen and oxygen atoms in total. The Morgan fingerprint density at radius 3 is 2.22 bits per heavy atom. The second-order valence-corrected chi connectivity index (χ2v) is 8.48. The minimum atomic E-state index is -0.811. The van der Waals surface area contributed by atoms with Crippen LogP contribution in [0.25, 0.3) is 28.4 Å². The van der Waals surface area contributed by atoms with Crippen molar-refractivity contribution in [3.8, 4) is 40.1 Å². The van der Waals surface area contributed by atoms with Gasteiger partial charge in [-0.1, -0.05) is 18.2 Å². The molecule has 4 rings (SSSR count). The summed E-state index contributed by atoms with van der Waals surface area (Å²) in [6.45, 7) is 0. The predicted octanol–water partition coefficient (Wildman–Crippen LogP) is 4.63. The molecule has 0 spiro atoms. The van der Waals surface area contributed by atoms with E-state index in [0.717, 1.165) is 0 Å². The van der Waals surface area contributed by atoms with Crippen LogP contribution < -0.4 is 0 Å². The van der Waals surface area contributed by atoms with Gasteiger partial charge in [0.1, 0.15) is 5.76 Å². The highest BCUT2D eigenvalue weighted by atomic mass is 16.5. The number of furan rings is 1. The van der Waals surface area contributed by atoms with E-state index in [1.165, 1.54) is 43.5 Å². The Morgan fingerprint density at radius 1 is 0.865 bits per heavy atom. The first-order valence-electron chi connectivity index (χ1n) is 11.2. The maximum Gasteiger partial charge on any atom is 0.309 e. The van der Waals surface area contributed by atoms with E-state index in [1.807, 2.05) is 0 Å². The summed E-state index contributed by atoms with van der Waals surface area (Å²) in [4.78, 5) is 25.0. The molecule has 5 N–H and O–H groups in total. The first-order chi connectivity index (χ1) is 17.7. The van der Waals surface area contributed by atoms with Crippen LogP contribution in [0, 0.1) is 5.92 Å². The van der Waals surface area contributed by atoms with Crippen LogP contribution in [0.15, 0.2) is 65.1 Å². The molecule has 0 saturated carbocycles. The van der Waals surface area contributed by atoms with Crippen molar-refractivity contribution >= 4 is 28.8 Å². The summed E-state index contributed by atoms with van der Waals surface area (Å²) in [5.41, 5.74) is 1.76. The molecule has 190 valence electrons. The van der Waals surface area contributed by atoms with Crippen molar-refractivity contribution in [3.05, 3.63) is 71.8 Å². The molecule has 0 saturated heterocycles. The summed E-state index contributed by atoms with van der Waals surface area (Å²) in [7, 11) is 1.22. The monoisotopic (exact) mass is 504 g/mol. The van der Waals surface area contributed by atoms with Crippen molar-refractivity contribution in [1.82, 2.24) is 0 Å². The van der Waals surface area contributed by atoms with E-state index in [1.54, 1.807) is 30.3 Å². The fourth-order valence-electron chi connectivity index (χ4n) is 3.97. The van der Waals surface area contributed by atoms with E-state index in [0.29, 0.717) is 27.8 Å². The van der Waals surface area contributed by atoms with Crippen LogP contribution in [-0.4, -0.2) is 44.4 Å². The molecule has 0 amide bonds. The van der Waals surface area contributed by atoms with Crippen molar-refractivity contribution in [3.63, 3.8) is 0 Å². The summed E-state index contributed by atoms with van der Waals surface area (Å²) in [6.07, 6.45) is 2.82. The zero-order valence-electron chi connectivity index (χ0n) is 19.7. The number of aromatic hydroxyl groups is 5. The van der Waals surface area contributed by atoms with Crippen LogP contribution in [0.1, 0.15) is 17.5 Å². The Balaban J connectivity index is 1.57. The number of carbonyl (C=O) groups excluding carboxylic acids is 2. The maximum atomic E-state index is 12.7. The number of phenolic OH excluding ortho intramolecular Hbond substituents is 5. The summed E-state index contributed by atoms with van der Waals surface area (Å²) < 4.78 is 10.6. The fraction of sp³-hybridized carbons (Fsp3) is 0.143. The minimum Gasteiger partial charge on any atom is -0.504 e. The van der Waals surface area contributed by atoms with Crippen molar-refractivity contribution in [2.24, 2.45) is 5.92 Å². The number of esters is 1. The third-order valence-corrected chi connectivity index (χ3v) is 5.91. The molecule has 0 aliphatic rings. The third kappa shape index (κ3) is 5.51. The van der Waals surface area contributed by atoms with E-state index in [-0.39, 0.29) is 53.0 Å². The van der Waals surface area contributed by atoms with Gasteiger partial charge < -0.3 is 34.7 Å². The number of fused-ring (bicyclic) bond motifs is 1. The molecule has 1 atom stereocenters. The molecule has 0 fully saturated rings.